The van der Waals surface area contributed by atoms with Gasteiger partial charge in [0, 0.05) is 44.2 Å². The standard InChI is InChI=1S/C19H24FN3O3/c1-13-12-22(8-9-23(13)15-5-3-4-14(20)10-15)17(25)6-7-19(2)11-16(24)21-18(19)26/h3-5,10,13H,6-9,11-12H2,1-2H3,(H,21,24,26)/t13-,19?/m0/s1. The first-order chi connectivity index (χ1) is 12.3. The van der Waals surface area contributed by atoms with Gasteiger partial charge in [0.1, 0.15) is 5.82 Å². The summed E-state index contributed by atoms with van der Waals surface area (Å²) in [7, 11) is 0. The summed E-state index contributed by atoms with van der Waals surface area (Å²) in [4.78, 5) is 39.7. The Balaban J connectivity index is 1.56. The van der Waals surface area contributed by atoms with E-state index >= 15 is 0 Å². The summed E-state index contributed by atoms with van der Waals surface area (Å²) in [5.41, 5.74) is 0.0279. The Kier molecular flexibility index (Phi) is 4.98. The summed E-state index contributed by atoms with van der Waals surface area (Å²) in [6.07, 6.45) is 0.745. The van der Waals surface area contributed by atoms with Crippen LogP contribution in [0.1, 0.15) is 33.1 Å². The molecule has 0 aromatic heterocycles. The number of imide groups is 1. The van der Waals surface area contributed by atoms with Gasteiger partial charge < -0.3 is 9.80 Å². The van der Waals surface area contributed by atoms with Gasteiger partial charge in [0.2, 0.25) is 17.7 Å². The Hall–Kier alpha value is -2.44. The van der Waals surface area contributed by atoms with Crippen molar-refractivity contribution in [2.24, 2.45) is 5.41 Å². The first-order valence-electron chi connectivity index (χ1n) is 8.93. The molecule has 0 aliphatic carbocycles. The highest BCUT2D eigenvalue weighted by Gasteiger charge is 2.42. The highest BCUT2D eigenvalue weighted by molar-refractivity contribution is 6.05. The van der Waals surface area contributed by atoms with E-state index < -0.39 is 5.41 Å². The van der Waals surface area contributed by atoms with Gasteiger partial charge in [-0.25, -0.2) is 4.39 Å². The van der Waals surface area contributed by atoms with Crippen molar-refractivity contribution in [3.63, 3.8) is 0 Å². The fourth-order valence-electron chi connectivity index (χ4n) is 3.72. The molecule has 1 aromatic carbocycles. The minimum Gasteiger partial charge on any atom is -0.365 e. The van der Waals surface area contributed by atoms with Gasteiger partial charge in [0.15, 0.2) is 0 Å². The third kappa shape index (κ3) is 3.71. The van der Waals surface area contributed by atoms with Crippen LogP contribution in [-0.4, -0.2) is 48.3 Å². The van der Waals surface area contributed by atoms with Gasteiger partial charge in [-0.1, -0.05) is 13.0 Å². The van der Waals surface area contributed by atoms with E-state index in [1.165, 1.54) is 12.1 Å². The smallest absolute Gasteiger partial charge is 0.233 e. The topological polar surface area (TPSA) is 69.7 Å². The molecule has 26 heavy (non-hydrogen) atoms. The van der Waals surface area contributed by atoms with Crippen LogP contribution >= 0.6 is 0 Å². The van der Waals surface area contributed by atoms with Crippen LogP contribution in [-0.2, 0) is 14.4 Å². The zero-order chi connectivity index (χ0) is 18.9. The number of rotatable bonds is 4. The molecule has 0 saturated carbocycles. The molecule has 3 rings (SSSR count). The maximum absolute atomic E-state index is 13.4. The molecule has 0 radical (unpaired) electrons. The predicted molar refractivity (Wildman–Crippen MR) is 94.9 cm³/mol. The zero-order valence-electron chi connectivity index (χ0n) is 15.1. The first-order valence-corrected chi connectivity index (χ1v) is 8.93. The van der Waals surface area contributed by atoms with Crippen molar-refractivity contribution in [2.75, 3.05) is 24.5 Å². The highest BCUT2D eigenvalue weighted by atomic mass is 19.1. The van der Waals surface area contributed by atoms with Crippen LogP contribution < -0.4 is 10.2 Å². The second-order valence-electron chi connectivity index (χ2n) is 7.48. The molecule has 0 bridgehead atoms. The second kappa shape index (κ2) is 7.05. The second-order valence-corrected chi connectivity index (χ2v) is 7.48. The molecule has 2 aliphatic heterocycles. The minimum atomic E-state index is -0.790. The lowest BCUT2D eigenvalue weighted by Gasteiger charge is -2.41. The largest absolute Gasteiger partial charge is 0.365 e. The summed E-state index contributed by atoms with van der Waals surface area (Å²) in [5, 5.41) is 2.31. The number of anilines is 1. The zero-order valence-corrected chi connectivity index (χ0v) is 15.1. The Morgan fingerprint density at radius 1 is 1.35 bits per heavy atom. The summed E-state index contributed by atoms with van der Waals surface area (Å²) in [6, 6.07) is 6.54. The monoisotopic (exact) mass is 361 g/mol. The van der Waals surface area contributed by atoms with E-state index in [0.29, 0.717) is 26.1 Å². The average molecular weight is 361 g/mol. The van der Waals surface area contributed by atoms with E-state index in [2.05, 4.69) is 10.2 Å². The van der Waals surface area contributed by atoms with E-state index in [1.54, 1.807) is 17.9 Å². The van der Waals surface area contributed by atoms with Crippen molar-refractivity contribution in [1.82, 2.24) is 10.2 Å². The average Bonchev–Trinajstić information content (AvgIpc) is 2.85. The van der Waals surface area contributed by atoms with Crippen LogP contribution in [0.2, 0.25) is 0 Å². The number of hydrogen-bond acceptors (Lipinski definition) is 4. The molecule has 2 aliphatic rings. The van der Waals surface area contributed by atoms with E-state index in [4.69, 9.17) is 0 Å². The summed E-state index contributed by atoms with van der Waals surface area (Å²) >= 11 is 0. The Labute approximate surface area is 152 Å². The van der Waals surface area contributed by atoms with Gasteiger partial charge in [-0.3, -0.25) is 19.7 Å². The molecule has 6 nitrogen and oxygen atoms in total. The van der Waals surface area contributed by atoms with Gasteiger partial charge >= 0.3 is 0 Å². The fourth-order valence-corrected chi connectivity index (χ4v) is 3.72. The number of benzene rings is 1. The summed E-state index contributed by atoms with van der Waals surface area (Å²) in [6.45, 7) is 5.48. The van der Waals surface area contributed by atoms with Crippen LogP contribution in [0.4, 0.5) is 10.1 Å². The van der Waals surface area contributed by atoms with E-state index in [0.717, 1.165) is 5.69 Å². The van der Waals surface area contributed by atoms with Gasteiger partial charge in [0.25, 0.3) is 0 Å². The Morgan fingerprint density at radius 3 is 2.73 bits per heavy atom. The minimum absolute atomic E-state index is 0.0101. The molecular formula is C19H24FN3O3. The normalized spacial score (nSPS) is 26.2. The maximum Gasteiger partial charge on any atom is 0.233 e. The lowest BCUT2D eigenvalue weighted by atomic mass is 9.83. The molecule has 2 saturated heterocycles. The maximum atomic E-state index is 13.4. The Bertz CT molecular complexity index is 738. The number of piperazine rings is 1. The molecule has 140 valence electrons. The van der Waals surface area contributed by atoms with Gasteiger partial charge in [-0.15, -0.1) is 0 Å². The predicted octanol–water partition coefficient (Wildman–Crippen LogP) is 1.70. The first kappa shape index (κ1) is 18.4. The molecule has 3 amide bonds. The van der Waals surface area contributed by atoms with Crippen LogP contribution in [0, 0.1) is 11.2 Å². The van der Waals surface area contributed by atoms with Gasteiger partial charge in [0.05, 0.1) is 5.41 Å². The molecule has 2 heterocycles. The number of carbonyl (C=O) groups is 3. The molecule has 2 fully saturated rings. The summed E-state index contributed by atoms with van der Waals surface area (Å²) in [5.74, 6) is -0.850. The van der Waals surface area contributed by atoms with E-state index in [9.17, 15) is 18.8 Å². The van der Waals surface area contributed by atoms with Crippen molar-refractivity contribution < 1.29 is 18.8 Å². The van der Waals surface area contributed by atoms with Crippen molar-refractivity contribution in [1.29, 1.82) is 0 Å². The number of halogens is 1. The van der Waals surface area contributed by atoms with Crippen LogP contribution in [0.25, 0.3) is 0 Å². The lowest BCUT2D eigenvalue weighted by molar-refractivity contribution is -0.133. The highest BCUT2D eigenvalue weighted by Crippen LogP contribution is 2.32. The van der Waals surface area contributed by atoms with Crippen molar-refractivity contribution in [3.05, 3.63) is 30.1 Å². The molecule has 1 N–H and O–H groups in total. The quantitative estimate of drug-likeness (QED) is 0.829. The molecule has 2 atom stereocenters. The third-order valence-electron chi connectivity index (χ3n) is 5.36. The molecule has 1 unspecified atom stereocenters. The fraction of sp³-hybridized carbons (Fsp3) is 0.526. The summed E-state index contributed by atoms with van der Waals surface area (Å²) < 4.78 is 13.4. The molecular weight excluding hydrogens is 337 g/mol. The number of nitrogens with zero attached hydrogens (tertiary/aromatic N) is 2. The number of nitrogens with one attached hydrogen (secondary N) is 1. The van der Waals surface area contributed by atoms with Crippen LogP contribution in [0.5, 0.6) is 0 Å². The third-order valence-corrected chi connectivity index (χ3v) is 5.36. The van der Waals surface area contributed by atoms with E-state index in [1.807, 2.05) is 13.0 Å². The molecule has 1 aromatic rings. The van der Waals surface area contributed by atoms with E-state index in [-0.39, 0.29) is 42.4 Å². The van der Waals surface area contributed by atoms with Crippen molar-refractivity contribution in [3.8, 4) is 0 Å². The number of carbonyl (C=O) groups excluding carboxylic acids is 3. The van der Waals surface area contributed by atoms with Gasteiger partial charge in [-0.05, 0) is 31.5 Å². The van der Waals surface area contributed by atoms with Crippen LogP contribution in [0.15, 0.2) is 24.3 Å². The van der Waals surface area contributed by atoms with Gasteiger partial charge in [-0.2, -0.15) is 0 Å². The van der Waals surface area contributed by atoms with Crippen LogP contribution in [0.3, 0.4) is 0 Å². The lowest BCUT2D eigenvalue weighted by Crippen LogP contribution is -2.54. The number of hydrogen-bond donors (Lipinski definition) is 1. The van der Waals surface area contributed by atoms with Crippen molar-refractivity contribution in [2.45, 2.75) is 39.2 Å². The molecule has 7 heteroatoms. The SMILES string of the molecule is C[C@H]1CN(C(=O)CCC2(C)CC(=O)NC2=O)CCN1c1cccc(F)c1. The molecule has 0 spiro atoms. The number of amides is 3. The Morgan fingerprint density at radius 2 is 2.12 bits per heavy atom. The van der Waals surface area contributed by atoms with Crippen molar-refractivity contribution >= 4 is 23.4 Å².